The van der Waals surface area contributed by atoms with Crippen molar-refractivity contribution in [3.05, 3.63) is 0 Å². The zero-order valence-electron chi connectivity index (χ0n) is 52.1. The Morgan fingerprint density at radius 3 is 0.419 bits per heavy atom. The van der Waals surface area contributed by atoms with Crippen molar-refractivity contribution in [1.29, 1.82) is 0 Å². The predicted octanol–water partition coefficient (Wildman–Crippen LogP) is 27.1. The minimum absolute atomic E-state index is 0.00441. The Balaban J connectivity index is 3.08. The Hall–Kier alpha value is -0.530. The normalized spacial score (nSPS) is 11.6. The fourth-order valence-electron chi connectivity index (χ4n) is 11.9. The average Bonchev–Trinajstić information content (AvgIpc) is 3.41. The highest BCUT2D eigenvalue weighted by molar-refractivity contribution is 5.69. The molecule has 0 saturated carbocycles. The lowest BCUT2D eigenvalue weighted by Gasteiger charge is -2.05. The van der Waals surface area contributed by atoms with Gasteiger partial charge in [-0.05, 0) is 12.8 Å². The summed E-state index contributed by atoms with van der Waals surface area (Å²) in [6.07, 6.45) is 98.1. The monoisotopic (exact) mass is 1040 g/mol. The first-order valence-electron chi connectivity index (χ1n) is 36.0. The van der Waals surface area contributed by atoms with E-state index < -0.39 is 0 Å². The Bertz CT molecular complexity index is 959. The lowest BCUT2D eigenvalue weighted by atomic mass is 10.0. The molecule has 0 spiro atoms. The number of carbonyl (C=O) groups is 1. The highest BCUT2D eigenvalue weighted by Gasteiger charge is 2.03. The van der Waals surface area contributed by atoms with E-state index in [1.54, 1.807) is 0 Å². The summed E-state index contributed by atoms with van der Waals surface area (Å²) in [6.45, 7) is 4.94. The standard InChI is InChI=1S/C72H144O2/c1-3-5-6-7-8-9-10-11-12-13-14-15-16-17-18-19-20-21-22-23-24-25-26-27-28-29-30-31-32-33-34-35-36-37-38-39-40-41-42-43-44-45-46-47-48-49-50-51-52-53-54-55-56-57-58-59-60-61-62-63-64-65-66-67-68-69-70-72(73)74-71-4-2/h3-71H2,1-2H3. The van der Waals surface area contributed by atoms with Crippen molar-refractivity contribution < 1.29 is 9.53 Å². The van der Waals surface area contributed by atoms with Gasteiger partial charge >= 0.3 is 5.97 Å². The van der Waals surface area contributed by atoms with E-state index >= 15 is 0 Å². The van der Waals surface area contributed by atoms with Crippen molar-refractivity contribution in [1.82, 2.24) is 0 Å². The quantitative estimate of drug-likeness (QED) is 0.0448. The smallest absolute Gasteiger partial charge is 0.305 e. The maximum absolute atomic E-state index is 11.5. The van der Waals surface area contributed by atoms with Gasteiger partial charge in [0, 0.05) is 6.42 Å². The molecule has 74 heavy (non-hydrogen) atoms. The van der Waals surface area contributed by atoms with Crippen molar-refractivity contribution in [3.63, 3.8) is 0 Å². The van der Waals surface area contributed by atoms with Crippen molar-refractivity contribution in [3.8, 4) is 0 Å². The zero-order chi connectivity index (χ0) is 53.1. The van der Waals surface area contributed by atoms with E-state index in [-0.39, 0.29) is 5.97 Å². The fourth-order valence-corrected chi connectivity index (χ4v) is 11.9. The van der Waals surface area contributed by atoms with Gasteiger partial charge < -0.3 is 4.74 Å². The van der Waals surface area contributed by atoms with Gasteiger partial charge in [-0.25, -0.2) is 0 Å². The SMILES string of the molecule is CCCCCCCCCCCCCCCCCCCCCCCCCCCCCCCCCCCCCCCCCCCCCCCCCCCCCCCCCCCCCCCCCCCCC(=O)OCCC. The van der Waals surface area contributed by atoms with Gasteiger partial charge in [-0.15, -0.1) is 0 Å². The summed E-state index contributed by atoms with van der Waals surface area (Å²) in [4.78, 5) is 11.5. The zero-order valence-corrected chi connectivity index (χ0v) is 52.1. The Kier molecular flexibility index (Phi) is 70.0. The van der Waals surface area contributed by atoms with Crippen LogP contribution in [0.25, 0.3) is 0 Å². The first kappa shape index (κ1) is 73.5. The van der Waals surface area contributed by atoms with E-state index in [1.807, 2.05) is 6.92 Å². The van der Waals surface area contributed by atoms with E-state index in [4.69, 9.17) is 4.74 Å². The number of esters is 1. The molecule has 0 unspecified atom stereocenters. The van der Waals surface area contributed by atoms with Crippen LogP contribution in [0.4, 0.5) is 0 Å². The molecule has 0 atom stereocenters. The number of ether oxygens (including phenoxy) is 1. The molecule has 0 aromatic carbocycles. The van der Waals surface area contributed by atoms with Crippen molar-refractivity contribution in [2.75, 3.05) is 6.61 Å². The first-order valence-corrected chi connectivity index (χ1v) is 36.0. The van der Waals surface area contributed by atoms with Crippen LogP contribution in [0.3, 0.4) is 0 Å². The average molecular weight is 1040 g/mol. The minimum Gasteiger partial charge on any atom is -0.466 e. The highest BCUT2D eigenvalue weighted by Crippen LogP contribution is 2.21. The van der Waals surface area contributed by atoms with Gasteiger partial charge in [0.1, 0.15) is 0 Å². The Morgan fingerprint density at radius 1 is 0.176 bits per heavy atom. The van der Waals surface area contributed by atoms with Gasteiger partial charge in [-0.1, -0.05) is 431 Å². The summed E-state index contributed by atoms with van der Waals surface area (Å²) in [6, 6.07) is 0. The lowest BCUT2D eigenvalue weighted by Crippen LogP contribution is -2.04. The Morgan fingerprint density at radius 2 is 0.297 bits per heavy atom. The maximum Gasteiger partial charge on any atom is 0.305 e. The molecule has 0 rings (SSSR count). The van der Waals surface area contributed by atoms with Crippen LogP contribution in [0.15, 0.2) is 0 Å². The molecular weight excluding hydrogens is 897 g/mol. The molecule has 0 aliphatic heterocycles. The summed E-state index contributed by atoms with van der Waals surface area (Å²) in [5.41, 5.74) is 0. The second kappa shape index (κ2) is 70.5. The topological polar surface area (TPSA) is 26.3 Å². The molecule has 0 fully saturated rings. The molecule has 0 aromatic rings. The molecule has 444 valence electrons. The predicted molar refractivity (Wildman–Crippen MR) is 336 cm³/mol. The van der Waals surface area contributed by atoms with Crippen LogP contribution in [0.5, 0.6) is 0 Å². The van der Waals surface area contributed by atoms with Gasteiger partial charge in [0.25, 0.3) is 0 Å². The summed E-state index contributed by atoms with van der Waals surface area (Å²) in [7, 11) is 0. The molecule has 0 aromatic heterocycles. The lowest BCUT2D eigenvalue weighted by molar-refractivity contribution is -0.143. The third-order valence-corrected chi connectivity index (χ3v) is 17.2. The van der Waals surface area contributed by atoms with E-state index in [0.717, 1.165) is 12.8 Å². The number of hydrogen-bond acceptors (Lipinski definition) is 2. The van der Waals surface area contributed by atoms with Crippen LogP contribution in [-0.2, 0) is 9.53 Å². The summed E-state index contributed by atoms with van der Waals surface area (Å²) in [5, 5.41) is 0. The van der Waals surface area contributed by atoms with E-state index in [1.165, 1.54) is 417 Å². The molecule has 2 nitrogen and oxygen atoms in total. The number of unbranched alkanes of at least 4 members (excludes halogenated alkanes) is 65. The van der Waals surface area contributed by atoms with Crippen LogP contribution in [-0.4, -0.2) is 12.6 Å². The van der Waals surface area contributed by atoms with Gasteiger partial charge in [0.2, 0.25) is 0 Å². The fraction of sp³-hybridized carbons (Fsp3) is 0.986. The summed E-state index contributed by atoms with van der Waals surface area (Å²) in [5.74, 6) is -0.00441. The summed E-state index contributed by atoms with van der Waals surface area (Å²) < 4.78 is 5.15. The molecular formula is C72H144O2. The first-order chi connectivity index (χ1) is 36.8. The maximum atomic E-state index is 11.5. The van der Waals surface area contributed by atoms with Crippen molar-refractivity contribution in [2.45, 2.75) is 450 Å². The van der Waals surface area contributed by atoms with Gasteiger partial charge in [0.05, 0.1) is 6.61 Å². The van der Waals surface area contributed by atoms with E-state index in [0.29, 0.717) is 13.0 Å². The van der Waals surface area contributed by atoms with Crippen LogP contribution >= 0.6 is 0 Å². The molecule has 0 radical (unpaired) electrons. The number of hydrogen-bond donors (Lipinski definition) is 0. The molecule has 0 saturated heterocycles. The molecule has 0 bridgehead atoms. The van der Waals surface area contributed by atoms with Crippen molar-refractivity contribution in [2.24, 2.45) is 0 Å². The number of rotatable bonds is 69. The molecule has 2 heteroatoms. The van der Waals surface area contributed by atoms with Crippen LogP contribution < -0.4 is 0 Å². The van der Waals surface area contributed by atoms with Gasteiger partial charge in [-0.3, -0.25) is 4.79 Å². The third-order valence-electron chi connectivity index (χ3n) is 17.2. The van der Waals surface area contributed by atoms with E-state index in [2.05, 4.69) is 6.92 Å². The van der Waals surface area contributed by atoms with Crippen LogP contribution in [0.2, 0.25) is 0 Å². The summed E-state index contributed by atoms with van der Waals surface area (Å²) >= 11 is 0. The highest BCUT2D eigenvalue weighted by atomic mass is 16.5. The molecule has 0 aliphatic rings. The Labute approximate surface area is 470 Å². The second-order valence-electron chi connectivity index (χ2n) is 25.0. The largest absolute Gasteiger partial charge is 0.466 e. The van der Waals surface area contributed by atoms with Gasteiger partial charge in [0.15, 0.2) is 0 Å². The molecule has 0 aliphatic carbocycles. The van der Waals surface area contributed by atoms with Gasteiger partial charge in [-0.2, -0.15) is 0 Å². The van der Waals surface area contributed by atoms with Crippen LogP contribution in [0.1, 0.15) is 450 Å². The molecule has 0 amide bonds. The number of carbonyl (C=O) groups excluding carboxylic acids is 1. The van der Waals surface area contributed by atoms with E-state index in [9.17, 15) is 4.79 Å². The molecule has 0 heterocycles. The third kappa shape index (κ3) is 69.5. The van der Waals surface area contributed by atoms with Crippen LogP contribution in [0, 0.1) is 0 Å². The second-order valence-corrected chi connectivity index (χ2v) is 25.0. The van der Waals surface area contributed by atoms with Crippen molar-refractivity contribution >= 4 is 5.97 Å². The minimum atomic E-state index is -0.00441. The molecule has 0 N–H and O–H groups in total.